The van der Waals surface area contributed by atoms with E-state index in [4.69, 9.17) is 16.3 Å². The van der Waals surface area contributed by atoms with Crippen molar-refractivity contribution in [3.05, 3.63) is 57.3 Å². The second-order valence-electron chi connectivity index (χ2n) is 4.65. The first-order valence-corrected chi connectivity index (χ1v) is 7.84. The summed E-state index contributed by atoms with van der Waals surface area (Å²) in [6, 6.07) is 10.2. The minimum atomic E-state index is -0.431. The molecule has 112 valence electrons. The Labute approximate surface area is 137 Å². The van der Waals surface area contributed by atoms with E-state index in [0.717, 1.165) is 16.6 Å². The van der Waals surface area contributed by atoms with Crippen molar-refractivity contribution in [3.8, 4) is 11.5 Å². The molecule has 1 N–H and O–H groups in total. The molecule has 0 radical (unpaired) electrons. The van der Waals surface area contributed by atoms with Crippen molar-refractivity contribution in [2.45, 2.75) is 19.9 Å². The van der Waals surface area contributed by atoms with Gasteiger partial charge in [-0.25, -0.2) is 4.39 Å². The molecule has 2 nitrogen and oxygen atoms in total. The van der Waals surface area contributed by atoms with Gasteiger partial charge in [-0.3, -0.25) is 0 Å². The van der Waals surface area contributed by atoms with Gasteiger partial charge in [0.1, 0.15) is 5.75 Å². The zero-order valence-electron chi connectivity index (χ0n) is 11.8. The average Bonchev–Trinajstić information content (AvgIpc) is 2.45. The van der Waals surface area contributed by atoms with Gasteiger partial charge >= 0.3 is 0 Å². The fourth-order valence-corrected chi connectivity index (χ4v) is 2.53. The number of ether oxygens (including phenoxy) is 1. The molecule has 0 bridgehead atoms. The zero-order valence-corrected chi connectivity index (χ0v) is 14.1. The number of halogens is 3. The first kappa shape index (κ1) is 16.3. The fraction of sp³-hybridized carbons (Fsp3) is 0.250. The van der Waals surface area contributed by atoms with E-state index in [1.807, 2.05) is 19.1 Å². The van der Waals surface area contributed by atoms with Gasteiger partial charge in [-0.1, -0.05) is 40.5 Å². The molecule has 0 fully saturated rings. The van der Waals surface area contributed by atoms with E-state index in [2.05, 4.69) is 28.2 Å². The van der Waals surface area contributed by atoms with Crippen LogP contribution in [0.2, 0.25) is 5.02 Å². The van der Waals surface area contributed by atoms with Crippen LogP contribution in [0.4, 0.5) is 4.39 Å². The molecule has 0 spiro atoms. The van der Waals surface area contributed by atoms with E-state index in [1.165, 1.54) is 6.07 Å². The van der Waals surface area contributed by atoms with E-state index in [1.54, 1.807) is 18.2 Å². The molecular weight excluding hydrogens is 357 g/mol. The molecule has 2 aromatic rings. The predicted octanol–water partition coefficient (Wildman–Crippen LogP) is 5.70. The Hall–Kier alpha value is -1.10. The van der Waals surface area contributed by atoms with Crippen LogP contribution in [0.1, 0.15) is 25.5 Å². The second kappa shape index (κ2) is 7.25. The highest BCUT2D eigenvalue weighted by Gasteiger charge is 2.11. The highest BCUT2D eigenvalue weighted by atomic mass is 79.9. The zero-order chi connectivity index (χ0) is 15.4. The molecule has 0 saturated carbocycles. The third-order valence-corrected chi connectivity index (χ3v) is 3.87. The van der Waals surface area contributed by atoms with Gasteiger partial charge in [-0.15, -0.1) is 0 Å². The van der Waals surface area contributed by atoms with Crippen LogP contribution in [0, 0.1) is 5.82 Å². The van der Waals surface area contributed by atoms with Gasteiger partial charge < -0.3 is 10.1 Å². The summed E-state index contributed by atoms with van der Waals surface area (Å²) in [5.74, 6) is 0.138. The maximum atomic E-state index is 13.7. The Balaban J connectivity index is 2.23. The van der Waals surface area contributed by atoms with E-state index in [0.29, 0.717) is 10.8 Å². The number of rotatable bonds is 5. The third-order valence-electron chi connectivity index (χ3n) is 3.08. The van der Waals surface area contributed by atoms with Crippen molar-refractivity contribution in [3.63, 3.8) is 0 Å². The molecule has 21 heavy (non-hydrogen) atoms. The second-order valence-corrected chi connectivity index (χ2v) is 5.97. The van der Waals surface area contributed by atoms with Crippen LogP contribution in [-0.2, 0) is 0 Å². The summed E-state index contributed by atoms with van der Waals surface area (Å²) in [5.41, 5.74) is 1.06. The van der Waals surface area contributed by atoms with Crippen LogP contribution in [0.3, 0.4) is 0 Å². The Kier molecular flexibility index (Phi) is 5.62. The molecule has 1 atom stereocenters. The van der Waals surface area contributed by atoms with Gasteiger partial charge in [0, 0.05) is 10.5 Å². The van der Waals surface area contributed by atoms with Gasteiger partial charge in [0.2, 0.25) is 0 Å². The van der Waals surface area contributed by atoms with Crippen molar-refractivity contribution in [1.82, 2.24) is 5.32 Å². The first-order chi connectivity index (χ1) is 10.0. The molecule has 1 unspecified atom stereocenters. The Bertz CT molecular complexity index is 636. The summed E-state index contributed by atoms with van der Waals surface area (Å²) in [5, 5.41) is 3.76. The monoisotopic (exact) mass is 371 g/mol. The largest absolute Gasteiger partial charge is 0.453 e. The van der Waals surface area contributed by atoms with Crippen LogP contribution in [0.25, 0.3) is 0 Å². The van der Waals surface area contributed by atoms with E-state index >= 15 is 0 Å². The van der Waals surface area contributed by atoms with Gasteiger partial charge in [0.05, 0.1) is 5.02 Å². The lowest BCUT2D eigenvalue weighted by Crippen LogP contribution is -2.17. The summed E-state index contributed by atoms with van der Waals surface area (Å²) in [4.78, 5) is 0. The smallest absolute Gasteiger partial charge is 0.165 e. The van der Waals surface area contributed by atoms with E-state index < -0.39 is 5.82 Å². The summed E-state index contributed by atoms with van der Waals surface area (Å²) < 4.78 is 20.0. The van der Waals surface area contributed by atoms with Crippen molar-refractivity contribution in [2.75, 3.05) is 6.54 Å². The highest BCUT2D eigenvalue weighted by molar-refractivity contribution is 9.10. The minimum Gasteiger partial charge on any atom is -0.453 e. The van der Waals surface area contributed by atoms with Crippen molar-refractivity contribution >= 4 is 27.5 Å². The lowest BCUT2D eigenvalue weighted by atomic mass is 10.1. The number of hydrogen-bond acceptors (Lipinski definition) is 2. The SMILES string of the molecule is CCNC(C)c1ccc(Oc2cc(Br)ccc2F)c(Cl)c1. The number of hydrogen-bond donors (Lipinski definition) is 1. The summed E-state index contributed by atoms with van der Waals surface area (Å²) in [7, 11) is 0. The van der Waals surface area contributed by atoms with Crippen LogP contribution >= 0.6 is 27.5 Å². The van der Waals surface area contributed by atoms with Crippen molar-refractivity contribution < 1.29 is 9.13 Å². The normalized spacial score (nSPS) is 12.2. The molecule has 0 saturated heterocycles. The molecule has 0 heterocycles. The average molecular weight is 373 g/mol. The first-order valence-electron chi connectivity index (χ1n) is 6.67. The molecule has 0 amide bonds. The van der Waals surface area contributed by atoms with Gasteiger partial charge in [-0.05, 0) is 49.4 Å². The minimum absolute atomic E-state index is 0.138. The van der Waals surface area contributed by atoms with Crippen LogP contribution in [0.5, 0.6) is 11.5 Å². The van der Waals surface area contributed by atoms with Gasteiger partial charge in [0.15, 0.2) is 11.6 Å². The van der Waals surface area contributed by atoms with Crippen LogP contribution < -0.4 is 10.1 Å². The molecule has 5 heteroatoms. The molecular formula is C16H16BrClFNO. The van der Waals surface area contributed by atoms with E-state index in [-0.39, 0.29) is 11.8 Å². The topological polar surface area (TPSA) is 21.3 Å². The molecule has 0 aromatic heterocycles. The van der Waals surface area contributed by atoms with E-state index in [9.17, 15) is 4.39 Å². The number of benzene rings is 2. The standard InChI is InChI=1S/C16H16BrClFNO/c1-3-20-10(2)11-4-7-15(13(18)8-11)21-16-9-12(17)5-6-14(16)19/h4-10,20H,3H2,1-2H3. The third kappa shape index (κ3) is 4.19. The summed E-state index contributed by atoms with van der Waals surface area (Å²) >= 11 is 9.52. The van der Waals surface area contributed by atoms with Gasteiger partial charge in [0.25, 0.3) is 0 Å². The lowest BCUT2D eigenvalue weighted by molar-refractivity contribution is 0.441. The quantitative estimate of drug-likeness (QED) is 0.726. The summed E-state index contributed by atoms with van der Waals surface area (Å²) in [6.45, 7) is 4.98. The van der Waals surface area contributed by atoms with Gasteiger partial charge in [-0.2, -0.15) is 0 Å². The van der Waals surface area contributed by atoms with Crippen LogP contribution in [0.15, 0.2) is 40.9 Å². The molecule has 0 aliphatic carbocycles. The Morgan fingerprint density at radius 2 is 2.00 bits per heavy atom. The van der Waals surface area contributed by atoms with Crippen molar-refractivity contribution in [1.29, 1.82) is 0 Å². The number of nitrogens with one attached hydrogen (secondary N) is 1. The predicted molar refractivity (Wildman–Crippen MR) is 87.7 cm³/mol. The molecule has 0 aliphatic heterocycles. The molecule has 2 rings (SSSR count). The Morgan fingerprint density at radius 1 is 1.24 bits per heavy atom. The fourth-order valence-electron chi connectivity index (χ4n) is 1.97. The molecule has 0 aliphatic rings. The maximum Gasteiger partial charge on any atom is 0.165 e. The highest BCUT2D eigenvalue weighted by Crippen LogP contribution is 2.33. The van der Waals surface area contributed by atoms with Crippen LogP contribution in [-0.4, -0.2) is 6.54 Å². The maximum absolute atomic E-state index is 13.7. The summed E-state index contributed by atoms with van der Waals surface area (Å²) in [6.07, 6.45) is 0. The Morgan fingerprint density at radius 3 is 2.67 bits per heavy atom. The molecule has 2 aromatic carbocycles. The lowest BCUT2D eigenvalue weighted by Gasteiger charge is -2.15. The van der Waals surface area contributed by atoms with Crippen molar-refractivity contribution in [2.24, 2.45) is 0 Å².